The van der Waals surface area contributed by atoms with Crippen LogP contribution in [0, 0.1) is 41.5 Å². The van der Waals surface area contributed by atoms with Crippen molar-refractivity contribution in [1.82, 2.24) is 0 Å². The van der Waals surface area contributed by atoms with E-state index in [-0.39, 0.29) is 5.41 Å². The van der Waals surface area contributed by atoms with Gasteiger partial charge in [0.2, 0.25) is 0 Å². The molecule has 0 aliphatic heterocycles. The van der Waals surface area contributed by atoms with Crippen LogP contribution in [0.15, 0.2) is 48.5 Å². The minimum Gasteiger partial charge on any atom is -0.507 e. The molecule has 6 rings (SSSR count). The van der Waals surface area contributed by atoms with Crippen molar-refractivity contribution in [2.45, 2.75) is 137 Å². The third-order valence-corrected chi connectivity index (χ3v) is 11.5. The van der Waals surface area contributed by atoms with Gasteiger partial charge in [-0.3, -0.25) is 0 Å². The smallest absolute Gasteiger partial charge is 0.133 e. The van der Waals surface area contributed by atoms with Crippen molar-refractivity contribution in [3.05, 3.63) is 104 Å². The van der Waals surface area contributed by atoms with Crippen molar-refractivity contribution in [2.24, 2.45) is 0 Å². The maximum atomic E-state index is 10.9. The molecule has 4 aromatic carbocycles. The Balaban J connectivity index is 1.25. The van der Waals surface area contributed by atoms with Crippen molar-refractivity contribution in [3.63, 3.8) is 0 Å². The number of aromatic hydroxyl groups is 2. The molecule has 4 heteroatoms. The predicted octanol–water partition coefficient (Wildman–Crippen LogP) is 13.0. The molecule has 2 N–H and O–H groups in total. The zero-order chi connectivity index (χ0) is 35.0. The van der Waals surface area contributed by atoms with Crippen molar-refractivity contribution in [1.29, 1.82) is 0 Å². The highest BCUT2D eigenvalue weighted by Gasteiger charge is 2.28. The van der Waals surface area contributed by atoms with E-state index in [0.717, 1.165) is 93.2 Å². The standard InChI is InChI=1S/C45H56O4/c1-27-23-37(25-39(41(27)46)33-15-11-9-12-16-33)48-43-29(3)19-35(20-30(43)4)45(7,8)36-21-31(5)44(32(6)22-36)49-38-24-28(2)42(47)40(26-38)34-17-13-10-14-18-34/h19-26,33-34,46-47H,9-18H2,1-8H3. The van der Waals surface area contributed by atoms with Crippen molar-refractivity contribution < 1.29 is 19.7 Å². The largest absolute Gasteiger partial charge is 0.507 e. The van der Waals surface area contributed by atoms with Gasteiger partial charge in [-0.15, -0.1) is 0 Å². The number of hydrogen-bond acceptors (Lipinski definition) is 4. The summed E-state index contributed by atoms with van der Waals surface area (Å²) in [7, 11) is 0. The normalized spacial score (nSPS) is 16.2. The van der Waals surface area contributed by atoms with Crippen LogP contribution in [0.2, 0.25) is 0 Å². The summed E-state index contributed by atoms with van der Waals surface area (Å²) in [6.07, 6.45) is 12.0. The molecule has 0 radical (unpaired) electrons. The van der Waals surface area contributed by atoms with Gasteiger partial charge in [-0.1, -0.05) is 76.6 Å². The fourth-order valence-electron chi connectivity index (χ4n) is 8.46. The van der Waals surface area contributed by atoms with E-state index in [0.29, 0.717) is 23.3 Å². The molecule has 49 heavy (non-hydrogen) atoms. The van der Waals surface area contributed by atoms with Crippen LogP contribution in [-0.2, 0) is 5.41 Å². The quantitative estimate of drug-likeness (QED) is 0.197. The fraction of sp³-hybridized carbons (Fsp3) is 0.467. The van der Waals surface area contributed by atoms with Crippen LogP contribution in [0.1, 0.15) is 146 Å². The summed E-state index contributed by atoms with van der Waals surface area (Å²) in [6.45, 7) is 17.0. The Bertz CT molecular complexity index is 1660. The van der Waals surface area contributed by atoms with Crippen molar-refractivity contribution in [2.75, 3.05) is 0 Å². The molecule has 0 heterocycles. The molecule has 0 saturated heterocycles. The van der Waals surface area contributed by atoms with Crippen LogP contribution in [0.5, 0.6) is 34.5 Å². The lowest BCUT2D eigenvalue weighted by Crippen LogP contribution is -2.20. The molecule has 0 spiro atoms. The van der Waals surface area contributed by atoms with Gasteiger partial charge >= 0.3 is 0 Å². The Kier molecular flexibility index (Phi) is 10.1. The second kappa shape index (κ2) is 14.1. The third-order valence-electron chi connectivity index (χ3n) is 11.5. The minimum absolute atomic E-state index is 0.255. The van der Waals surface area contributed by atoms with Crippen molar-refractivity contribution in [3.8, 4) is 34.5 Å². The first-order valence-electron chi connectivity index (χ1n) is 18.6. The highest BCUT2D eigenvalue weighted by molar-refractivity contribution is 5.56. The van der Waals surface area contributed by atoms with Crippen LogP contribution in [0.25, 0.3) is 0 Å². The van der Waals surface area contributed by atoms with Crippen LogP contribution < -0.4 is 9.47 Å². The minimum atomic E-state index is -0.255. The topological polar surface area (TPSA) is 58.9 Å². The molecule has 0 atom stereocenters. The van der Waals surface area contributed by atoms with Crippen molar-refractivity contribution >= 4 is 0 Å². The lowest BCUT2D eigenvalue weighted by atomic mass is 9.76. The predicted molar refractivity (Wildman–Crippen MR) is 201 cm³/mol. The van der Waals surface area contributed by atoms with Gasteiger partial charge in [-0.2, -0.15) is 0 Å². The number of phenolic OH excluding ortho intramolecular Hbond substituents is 2. The van der Waals surface area contributed by atoms with Gasteiger partial charge in [0.15, 0.2) is 0 Å². The molecule has 260 valence electrons. The molecular formula is C45H56O4. The first kappa shape index (κ1) is 34.9. The molecule has 4 aromatic rings. The van der Waals surface area contributed by atoms with Gasteiger partial charge < -0.3 is 19.7 Å². The highest BCUT2D eigenvalue weighted by Crippen LogP contribution is 2.45. The summed E-state index contributed by atoms with van der Waals surface area (Å²) >= 11 is 0. The molecule has 0 aromatic heterocycles. The fourth-order valence-corrected chi connectivity index (χ4v) is 8.46. The van der Waals surface area contributed by atoms with Gasteiger partial charge in [-0.25, -0.2) is 0 Å². The Hall–Kier alpha value is -3.92. The summed E-state index contributed by atoms with van der Waals surface area (Å²) in [5, 5.41) is 21.8. The number of aryl methyl sites for hydroxylation is 6. The lowest BCUT2D eigenvalue weighted by molar-refractivity contribution is 0.407. The monoisotopic (exact) mass is 660 g/mol. The number of ether oxygens (including phenoxy) is 2. The van der Waals surface area contributed by atoms with Gasteiger partial charge in [0, 0.05) is 16.5 Å². The first-order chi connectivity index (χ1) is 23.3. The molecule has 2 fully saturated rings. The molecule has 2 aliphatic carbocycles. The number of phenols is 2. The van der Waals surface area contributed by atoms with Gasteiger partial charge in [0.25, 0.3) is 0 Å². The van der Waals surface area contributed by atoms with E-state index in [2.05, 4.69) is 77.9 Å². The van der Waals surface area contributed by atoms with E-state index in [1.165, 1.54) is 49.7 Å². The number of rotatable bonds is 8. The summed E-state index contributed by atoms with van der Waals surface area (Å²) in [5.41, 5.74) is 10.4. The lowest BCUT2D eigenvalue weighted by Gasteiger charge is -2.29. The molecule has 0 amide bonds. The zero-order valence-electron chi connectivity index (χ0n) is 31.1. The summed E-state index contributed by atoms with van der Waals surface area (Å²) in [5.74, 6) is 5.00. The second-order valence-corrected chi connectivity index (χ2v) is 15.7. The zero-order valence-corrected chi connectivity index (χ0v) is 31.1. The van der Waals surface area contributed by atoms with E-state index >= 15 is 0 Å². The van der Waals surface area contributed by atoms with Gasteiger partial charge in [-0.05, 0) is 148 Å². The molecule has 2 saturated carbocycles. The second-order valence-electron chi connectivity index (χ2n) is 15.7. The van der Waals surface area contributed by atoms with Gasteiger partial charge in [0.05, 0.1) is 0 Å². The van der Waals surface area contributed by atoms with Crippen LogP contribution in [0.3, 0.4) is 0 Å². The summed E-state index contributed by atoms with van der Waals surface area (Å²) < 4.78 is 13.2. The highest BCUT2D eigenvalue weighted by atomic mass is 16.5. The Morgan fingerprint density at radius 3 is 1.12 bits per heavy atom. The maximum absolute atomic E-state index is 10.9. The summed E-state index contributed by atoms with van der Waals surface area (Å²) in [4.78, 5) is 0. The number of hydrogen-bond donors (Lipinski definition) is 2. The molecule has 4 nitrogen and oxygen atoms in total. The van der Waals surface area contributed by atoms with Gasteiger partial charge in [0.1, 0.15) is 34.5 Å². The van der Waals surface area contributed by atoms with Crippen LogP contribution in [0.4, 0.5) is 0 Å². The average Bonchev–Trinajstić information content (AvgIpc) is 3.08. The Labute approximate surface area is 294 Å². The Morgan fingerprint density at radius 1 is 0.469 bits per heavy atom. The SMILES string of the molecule is Cc1cc(Oc2c(C)cc(C(C)(C)c3cc(C)c(Oc4cc(C)c(O)c(C5CCCCC5)c4)c(C)c3)cc2C)cc(C2CCCCC2)c1O. The molecule has 0 bridgehead atoms. The van der Waals surface area contributed by atoms with E-state index in [4.69, 9.17) is 9.47 Å². The maximum Gasteiger partial charge on any atom is 0.133 e. The molecule has 0 unspecified atom stereocenters. The first-order valence-corrected chi connectivity index (χ1v) is 18.6. The average molecular weight is 661 g/mol. The third kappa shape index (κ3) is 7.21. The summed E-state index contributed by atoms with van der Waals surface area (Å²) in [6, 6.07) is 17.1. The Morgan fingerprint density at radius 2 is 0.796 bits per heavy atom. The number of benzene rings is 4. The molecule has 2 aliphatic rings. The van der Waals surface area contributed by atoms with E-state index in [1.807, 2.05) is 26.0 Å². The van der Waals surface area contributed by atoms with E-state index in [9.17, 15) is 10.2 Å². The molecular weight excluding hydrogens is 604 g/mol. The van der Waals surface area contributed by atoms with E-state index < -0.39 is 0 Å². The van der Waals surface area contributed by atoms with E-state index in [1.54, 1.807) is 0 Å². The van der Waals surface area contributed by atoms with Crippen LogP contribution >= 0.6 is 0 Å². The van der Waals surface area contributed by atoms with Crippen LogP contribution in [-0.4, -0.2) is 10.2 Å².